The lowest BCUT2D eigenvalue weighted by molar-refractivity contribution is -0.140. The van der Waals surface area contributed by atoms with E-state index in [4.69, 9.17) is 4.74 Å². The fourth-order valence-electron chi connectivity index (χ4n) is 3.64. The molecule has 5 heteroatoms. The van der Waals surface area contributed by atoms with Crippen LogP contribution in [0.5, 0.6) is 0 Å². The highest BCUT2D eigenvalue weighted by Crippen LogP contribution is 2.31. The molecule has 1 aliphatic heterocycles. The largest absolute Gasteiger partial charge is 0.448 e. The first-order chi connectivity index (χ1) is 12.1. The van der Waals surface area contributed by atoms with Gasteiger partial charge in [0.25, 0.3) is 5.91 Å². The van der Waals surface area contributed by atoms with E-state index in [2.05, 4.69) is 12.1 Å². The molecule has 1 atom stereocenters. The third kappa shape index (κ3) is 3.21. The first-order valence-corrected chi connectivity index (χ1v) is 9.61. The van der Waals surface area contributed by atoms with Crippen molar-refractivity contribution in [1.29, 1.82) is 0 Å². The van der Waals surface area contributed by atoms with Crippen LogP contribution in [0.4, 0.5) is 0 Å². The average Bonchev–Trinajstić information content (AvgIpc) is 3.22. The number of hydrogen-bond donors (Lipinski definition) is 0. The highest BCUT2D eigenvalue weighted by molar-refractivity contribution is 7.14. The molecule has 1 aromatic heterocycles. The first-order valence-electron chi connectivity index (χ1n) is 8.80. The summed E-state index contributed by atoms with van der Waals surface area (Å²) in [6.07, 6.45) is 3.35. The third-order valence-electron chi connectivity index (χ3n) is 5.02. The number of esters is 1. The van der Waals surface area contributed by atoms with Crippen molar-refractivity contribution in [2.75, 3.05) is 6.54 Å². The van der Waals surface area contributed by atoms with Gasteiger partial charge in [0, 0.05) is 18.0 Å². The Morgan fingerprint density at radius 2 is 1.92 bits per heavy atom. The van der Waals surface area contributed by atoms with Gasteiger partial charge in [-0.1, -0.05) is 24.3 Å². The maximum atomic E-state index is 12.7. The lowest BCUT2D eigenvalue weighted by Crippen LogP contribution is -2.42. The molecule has 0 saturated carbocycles. The fourth-order valence-corrected chi connectivity index (χ4v) is 4.78. The maximum Gasteiger partial charge on any atom is 0.349 e. The summed E-state index contributed by atoms with van der Waals surface area (Å²) in [6, 6.07) is 10.1. The highest BCUT2D eigenvalue weighted by Gasteiger charge is 2.28. The minimum atomic E-state index is -0.755. The summed E-state index contributed by atoms with van der Waals surface area (Å²) in [5.41, 5.74) is 3.74. The predicted molar refractivity (Wildman–Crippen MR) is 96.8 cm³/mol. The monoisotopic (exact) mass is 355 g/mol. The standard InChI is InChI=1S/C20H21NO3S/c1-13(24-20(23)18-11-15-7-4-8-17(15)25-18)19(22)21-10-9-14-5-2-3-6-16(14)12-21/h2-3,5-6,11,13H,4,7-10,12H2,1H3/t13-/m1/s1. The van der Waals surface area contributed by atoms with Crippen molar-refractivity contribution in [1.82, 2.24) is 4.90 Å². The predicted octanol–water partition coefficient (Wildman–Crippen LogP) is 3.37. The molecule has 1 aliphatic carbocycles. The van der Waals surface area contributed by atoms with Crippen LogP contribution in [0.3, 0.4) is 0 Å². The molecule has 2 heterocycles. The zero-order valence-electron chi connectivity index (χ0n) is 14.3. The number of fused-ring (bicyclic) bond motifs is 2. The van der Waals surface area contributed by atoms with Crippen molar-refractivity contribution in [3.8, 4) is 0 Å². The normalized spacial score (nSPS) is 16.9. The van der Waals surface area contributed by atoms with E-state index < -0.39 is 6.10 Å². The molecule has 0 bridgehead atoms. The van der Waals surface area contributed by atoms with E-state index in [9.17, 15) is 9.59 Å². The van der Waals surface area contributed by atoms with Crippen molar-refractivity contribution >= 4 is 23.2 Å². The first kappa shape index (κ1) is 16.3. The quantitative estimate of drug-likeness (QED) is 0.793. The van der Waals surface area contributed by atoms with Crippen molar-refractivity contribution in [2.45, 2.75) is 45.3 Å². The topological polar surface area (TPSA) is 46.6 Å². The van der Waals surface area contributed by atoms with Gasteiger partial charge in [-0.3, -0.25) is 4.79 Å². The number of carbonyl (C=O) groups is 2. The summed E-state index contributed by atoms with van der Waals surface area (Å²) in [6.45, 7) is 2.93. The zero-order valence-corrected chi connectivity index (χ0v) is 15.1. The highest BCUT2D eigenvalue weighted by atomic mass is 32.1. The minimum Gasteiger partial charge on any atom is -0.448 e. The second-order valence-corrected chi connectivity index (χ2v) is 7.88. The Balaban J connectivity index is 1.39. The van der Waals surface area contributed by atoms with Crippen molar-refractivity contribution in [3.63, 3.8) is 0 Å². The van der Waals surface area contributed by atoms with E-state index in [0.29, 0.717) is 18.0 Å². The Labute approximate surface area is 151 Å². The number of nitrogens with zero attached hydrogens (tertiary/aromatic N) is 1. The molecular weight excluding hydrogens is 334 g/mol. The molecule has 130 valence electrons. The Morgan fingerprint density at radius 1 is 1.12 bits per heavy atom. The van der Waals surface area contributed by atoms with Crippen LogP contribution in [0.2, 0.25) is 0 Å². The maximum absolute atomic E-state index is 12.7. The molecule has 0 N–H and O–H groups in total. The zero-order chi connectivity index (χ0) is 17.4. The summed E-state index contributed by atoms with van der Waals surface area (Å²) in [5, 5.41) is 0. The summed E-state index contributed by atoms with van der Waals surface area (Å²) in [5.74, 6) is -0.496. The van der Waals surface area contributed by atoms with E-state index in [1.54, 1.807) is 11.8 Å². The van der Waals surface area contributed by atoms with Gasteiger partial charge in [0.1, 0.15) is 4.88 Å². The Morgan fingerprint density at radius 3 is 2.72 bits per heavy atom. The van der Waals surface area contributed by atoms with Gasteiger partial charge in [0.05, 0.1) is 0 Å². The van der Waals surface area contributed by atoms with E-state index >= 15 is 0 Å². The fraction of sp³-hybridized carbons (Fsp3) is 0.400. The number of benzene rings is 1. The number of aryl methyl sites for hydroxylation is 2. The van der Waals surface area contributed by atoms with Crippen LogP contribution in [0, 0.1) is 0 Å². The minimum absolute atomic E-state index is 0.119. The van der Waals surface area contributed by atoms with Crippen molar-refractivity contribution in [3.05, 3.63) is 56.8 Å². The van der Waals surface area contributed by atoms with Gasteiger partial charge < -0.3 is 9.64 Å². The van der Waals surface area contributed by atoms with Crippen LogP contribution in [0.25, 0.3) is 0 Å². The molecule has 4 rings (SSSR count). The summed E-state index contributed by atoms with van der Waals surface area (Å²) in [7, 11) is 0. The van der Waals surface area contributed by atoms with Crippen molar-refractivity contribution < 1.29 is 14.3 Å². The molecule has 25 heavy (non-hydrogen) atoms. The molecule has 1 amide bonds. The summed E-state index contributed by atoms with van der Waals surface area (Å²) < 4.78 is 5.46. The van der Waals surface area contributed by atoms with Crippen LogP contribution < -0.4 is 0 Å². The van der Waals surface area contributed by atoms with Gasteiger partial charge in [-0.2, -0.15) is 0 Å². The molecule has 1 aromatic carbocycles. The van der Waals surface area contributed by atoms with Crippen LogP contribution in [-0.2, 0) is 35.3 Å². The summed E-state index contributed by atoms with van der Waals surface area (Å²) in [4.78, 5) is 28.7. The van der Waals surface area contributed by atoms with E-state index in [1.807, 2.05) is 18.2 Å². The average molecular weight is 355 g/mol. The van der Waals surface area contributed by atoms with Crippen molar-refractivity contribution in [2.24, 2.45) is 0 Å². The lowest BCUT2D eigenvalue weighted by atomic mass is 9.99. The van der Waals surface area contributed by atoms with Gasteiger partial charge >= 0.3 is 5.97 Å². The molecule has 0 radical (unpaired) electrons. The Hall–Kier alpha value is -2.14. The van der Waals surface area contributed by atoms with E-state index in [0.717, 1.165) is 19.3 Å². The van der Waals surface area contributed by atoms with Gasteiger partial charge in [-0.05, 0) is 55.4 Å². The van der Waals surface area contributed by atoms with Crippen LogP contribution in [-0.4, -0.2) is 29.4 Å². The van der Waals surface area contributed by atoms with Crippen LogP contribution >= 0.6 is 11.3 Å². The molecule has 0 fully saturated rings. The SMILES string of the molecule is C[C@@H](OC(=O)c1cc2c(s1)CCC2)C(=O)N1CCc2ccccc2C1. The van der Waals surface area contributed by atoms with E-state index in [1.165, 1.54) is 39.3 Å². The Bertz CT molecular complexity index is 805. The number of thiophene rings is 1. The second kappa shape index (κ2) is 6.64. The summed E-state index contributed by atoms with van der Waals surface area (Å²) >= 11 is 1.51. The number of amides is 1. The number of carbonyl (C=O) groups excluding carboxylic acids is 2. The van der Waals surface area contributed by atoms with Gasteiger partial charge in [0.15, 0.2) is 6.10 Å². The molecule has 4 nitrogen and oxygen atoms in total. The number of hydrogen-bond acceptors (Lipinski definition) is 4. The van der Waals surface area contributed by atoms with Gasteiger partial charge in [0.2, 0.25) is 0 Å². The third-order valence-corrected chi connectivity index (χ3v) is 6.24. The smallest absolute Gasteiger partial charge is 0.349 e. The molecule has 2 aliphatic rings. The van der Waals surface area contributed by atoms with Crippen LogP contribution in [0.15, 0.2) is 30.3 Å². The van der Waals surface area contributed by atoms with Gasteiger partial charge in [-0.15, -0.1) is 11.3 Å². The molecule has 2 aromatic rings. The lowest BCUT2D eigenvalue weighted by Gasteiger charge is -2.30. The molecular formula is C20H21NO3S. The molecule has 0 unspecified atom stereocenters. The van der Waals surface area contributed by atoms with Crippen LogP contribution in [0.1, 0.15) is 44.6 Å². The molecule has 0 saturated heterocycles. The number of ether oxygens (including phenoxy) is 1. The molecule has 0 spiro atoms. The number of rotatable bonds is 3. The Kier molecular flexibility index (Phi) is 4.34. The van der Waals surface area contributed by atoms with E-state index in [-0.39, 0.29) is 11.9 Å². The van der Waals surface area contributed by atoms with Gasteiger partial charge in [-0.25, -0.2) is 4.79 Å². The second-order valence-electron chi connectivity index (χ2n) is 6.74.